The maximum Gasteiger partial charge on any atom is 0.353 e. The number of oxime groups is 1. The Labute approximate surface area is 105 Å². The molecule has 0 aromatic rings. The van der Waals surface area contributed by atoms with E-state index < -0.39 is 12.1 Å². The smallest absolute Gasteiger partial charge is 0.353 e. The van der Waals surface area contributed by atoms with Crippen molar-refractivity contribution in [3.05, 3.63) is 0 Å². The number of hydrogen-bond donors (Lipinski definition) is 1. The third-order valence-corrected chi connectivity index (χ3v) is 4.23. The van der Waals surface area contributed by atoms with E-state index in [1.165, 1.54) is 19.3 Å². The van der Waals surface area contributed by atoms with E-state index in [0.717, 1.165) is 13.1 Å². The largest absolute Gasteiger partial charge is 0.477 e. The van der Waals surface area contributed by atoms with E-state index in [1.54, 1.807) is 0 Å². The van der Waals surface area contributed by atoms with Crippen LogP contribution < -0.4 is 0 Å². The molecule has 6 heteroatoms. The molecule has 2 fully saturated rings. The molecule has 18 heavy (non-hydrogen) atoms. The lowest BCUT2D eigenvalue weighted by Crippen LogP contribution is -2.38. The molecule has 0 spiro atoms. The van der Waals surface area contributed by atoms with E-state index in [0.29, 0.717) is 11.8 Å². The number of carboxylic acid groups (broad SMARTS) is 1. The van der Waals surface area contributed by atoms with Gasteiger partial charge in [0.25, 0.3) is 5.91 Å². The van der Waals surface area contributed by atoms with Crippen molar-refractivity contribution in [2.45, 2.75) is 31.8 Å². The van der Waals surface area contributed by atoms with E-state index in [2.05, 4.69) is 5.16 Å². The van der Waals surface area contributed by atoms with Crippen molar-refractivity contribution in [1.29, 1.82) is 0 Å². The molecule has 0 aromatic carbocycles. The Morgan fingerprint density at radius 2 is 1.94 bits per heavy atom. The van der Waals surface area contributed by atoms with E-state index in [-0.39, 0.29) is 18.0 Å². The van der Waals surface area contributed by atoms with Crippen LogP contribution in [0.4, 0.5) is 0 Å². The van der Waals surface area contributed by atoms with Crippen molar-refractivity contribution in [2.75, 3.05) is 13.1 Å². The molecule has 0 aromatic heterocycles. The van der Waals surface area contributed by atoms with Crippen LogP contribution in [0.15, 0.2) is 5.16 Å². The Kier molecular flexibility index (Phi) is 2.72. The van der Waals surface area contributed by atoms with Gasteiger partial charge in [-0.3, -0.25) is 4.79 Å². The average Bonchev–Trinajstić information content (AvgIpc) is 3.02. The Bertz CT molecular complexity index is 408. The molecule has 1 saturated heterocycles. The number of aliphatic carboxylic acids is 1. The zero-order chi connectivity index (χ0) is 12.7. The molecule has 2 heterocycles. The summed E-state index contributed by atoms with van der Waals surface area (Å²) in [7, 11) is 0. The van der Waals surface area contributed by atoms with Gasteiger partial charge in [-0.2, -0.15) is 0 Å². The van der Waals surface area contributed by atoms with E-state index in [4.69, 9.17) is 9.94 Å². The molecule has 3 aliphatic rings. The second-order valence-corrected chi connectivity index (χ2v) is 5.34. The predicted molar refractivity (Wildman–Crippen MR) is 62.0 cm³/mol. The van der Waals surface area contributed by atoms with Crippen LogP contribution in [0.25, 0.3) is 0 Å². The van der Waals surface area contributed by atoms with Crippen molar-refractivity contribution < 1.29 is 19.5 Å². The molecule has 0 bridgehead atoms. The number of carbonyl (C=O) groups excluding carboxylic acids is 1. The zero-order valence-electron chi connectivity index (χ0n) is 10.0. The number of carbonyl (C=O) groups is 2. The highest BCUT2D eigenvalue weighted by Crippen LogP contribution is 2.38. The molecule has 3 rings (SSSR count). The van der Waals surface area contributed by atoms with Gasteiger partial charge >= 0.3 is 5.97 Å². The number of amides is 1. The summed E-state index contributed by atoms with van der Waals surface area (Å²) in [5, 5.41) is 12.2. The molecule has 1 N–H and O–H groups in total. The molecule has 98 valence electrons. The van der Waals surface area contributed by atoms with Crippen LogP contribution >= 0.6 is 0 Å². The maximum absolute atomic E-state index is 12.2. The van der Waals surface area contributed by atoms with Crippen LogP contribution in [0.1, 0.15) is 25.7 Å². The monoisotopic (exact) mass is 252 g/mol. The van der Waals surface area contributed by atoms with Gasteiger partial charge in [-0.15, -0.1) is 0 Å². The molecule has 1 aliphatic carbocycles. The van der Waals surface area contributed by atoms with Crippen molar-refractivity contribution >= 4 is 17.6 Å². The minimum absolute atomic E-state index is 0.0623. The third-order valence-electron chi connectivity index (χ3n) is 4.23. The van der Waals surface area contributed by atoms with Gasteiger partial charge in [-0.25, -0.2) is 4.79 Å². The third kappa shape index (κ3) is 1.85. The molecule has 2 aliphatic heterocycles. The minimum atomic E-state index is -1.11. The molecule has 1 saturated carbocycles. The second kappa shape index (κ2) is 4.26. The van der Waals surface area contributed by atoms with E-state index >= 15 is 0 Å². The number of nitrogens with zero attached hydrogens (tertiary/aromatic N) is 2. The van der Waals surface area contributed by atoms with Crippen LogP contribution in [0.3, 0.4) is 0 Å². The Morgan fingerprint density at radius 1 is 1.28 bits per heavy atom. The van der Waals surface area contributed by atoms with Gasteiger partial charge < -0.3 is 14.8 Å². The van der Waals surface area contributed by atoms with Crippen LogP contribution in [-0.4, -0.2) is 46.8 Å². The van der Waals surface area contributed by atoms with Crippen LogP contribution in [0, 0.1) is 11.8 Å². The lowest BCUT2D eigenvalue weighted by molar-refractivity contribution is -0.141. The fourth-order valence-electron chi connectivity index (χ4n) is 3.25. The Hall–Kier alpha value is -1.59. The summed E-state index contributed by atoms with van der Waals surface area (Å²) >= 11 is 0. The number of carboxylic acids is 1. The summed E-state index contributed by atoms with van der Waals surface area (Å²) in [4.78, 5) is 29.7. The standard InChI is InChI=1S/C12H16N2O4/c15-11(10-4-9(12(16)17)13-18-10)14-5-7-2-1-3-8(7)6-14/h7-8,10H,1-6H2,(H,16,17). The van der Waals surface area contributed by atoms with Gasteiger partial charge in [-0.05, 0) is 24.7 Å². The number of likely N-dealkylation sites (tertiary alicyclic amines) is 1. The summed E-state index contributed by atoms with van der Waals surface area (Å²) in [5.41, 5.74) is -0.0623. The van der Waals surface area contributed by atoms with E-state index in [1.807, 2.05) is 4.90 Å². The lowest BCUT2D eigenvalue weighted by atomic mass is 10.0. The van der Waals surface area contributed by atoms with Gasteiger partial charge in [0.15, 0.2) is 5.71 Å². The van der Waals surface area contributed by atoms with Crippen LogP contribution in [-0.2, 0) is 14.4 Å². The Balaban J connectivity index is 1.59. The lowest BCUT2D eigenvalue weighted by Gasteiger charge is -2.19. The summed E-state index contributed by atoms with van der Waals surface area (Å²) in [6, 6.07) is 0. The zero-order valence-corrected chi connectivity index (χ0v) is 10.0. The van der Waals surface area contributed by atoms with Gasteiger partial charge in [0.1, 0.15) is 0 Å². The van der Waals surface area contributed by atoms with E-state index in [9.17, 15) is 9.59 Å². The number of rotatable bonds is 2. The summed E-state index contributed by atoms with van der Waals surface area (Å²) in [6.07, 6.45) is 3.03. The first-order valence-corrected chi connectivity index (χ1v) is 6.40. The predicted octanol–water partition coefficient (Wildman–Crippen LogP) is 0.474. The normalized spacial score (nSPS) is 34.1. The fourth-order valence-corrected chi connectivity index (χ4v) is 3.25. The fraction of sp³-hybridized carbons (Fsp3) is 0.750. The highest BCUT2D eigenvalue weighted by molar-refractivity contribution is 6.36. The number of fused-ring (bicyclic) bond motifs is 1. The van der Waals surface area contributed by atoms with Crippen LogP contribution in [0.5, 0.6) is 0 Å². The molecule has 3 atom stereocenters. The summed E-state index contributed by atoms with van der Waals surface area (Å²) < 4.78 is 0. The van der Waals surface area contributed by atoms with Crippen molar-refractivity contribution in [1.82, 2.24) is 4.90 Å². The molecule has 0 radical (unpaired) electrons. The average molecular weight is 252 g/mol. The maximum atomic E-state index is 12.2. The van der Waals surface area contributed by atoms with Gasteiger partial charge in [0, 0.05) is 19.5 Å². The highest BCUT2D eigenvalue weighted by atomic mass is 16.6. The summed E-state index contributed by atoms with van der Waals surface area (Å²) in [5.74, 6) is 0.0541. The SMILES string of the molecule is O=C(O)C1=NOC(C(=O)N2CC3CCCC3C2)C1. The van der Waals surface area contributed by atoms with Gasteiger partial charge in [0.2, 0.25) is 6.10 Å². The Morgan fingerprint density at radius 3 is 2.50 bits per heavy atom. The molecule has 3 unspecified atom stereocenters. The van der Waals surface area contributed by atoms with Crippen LogP contribution in [0.2, 0.25) is 0 Å². The molecule has 1 amide bonds. The van der Waals surface area contributed by atoms with Gasteiger partial charge in [-0.1, -0.05) is 11.6 Å². The second-order valence-electron chi connectivity index (χ2n) is 5.34. The molecule has 6 nitrogen and oxygen atoms in total. The highest BCUT2D eigenvalue weighted by Gasteiger charge is 2.42. The first-order valence-electron chi connectivity index (χ1n) is 6.40. The van der Waals surface area contributed by atoms with Crippen molar-refractivity contribution in [2.24, 2.45) is 17.0 Å². The van der Waals surface area contributed by atoms with Crippen molar-refractivity contribution in [3.8, 4) is 0 Å². The first kappa shape index (κ1) is 11.5. The van der Waals surface area contributed by atoms with Crippen molar-refractivity contribution in [3.63, 3.8) is 0 Å². The summed E-state index contributed by atoms with van der Waals surface area (Å²) in [6.45, 7) is 1.59. The topological polar surface area (TPSA) is 79.2 Å². The molecular formula is C12H16N2O4. The number of hydrogen-bond acceptors (Lipinski definition) is 4. The first-order chi connectivity index (χ1) is 8.65. The van der Waals surface area contributed by atoms with Gasteiger partial charge in [0.05, 0.1) is 0 Å². The minimum Gasteiger partial charge on any atom is -0.477 e. The quantitative estimate of drug-likeness (QED) is 0.775. The molecular weight excluding hydrogens is 236 g/mol.